The SMILES string of the molecule is C=C1CCCC1(C#N)C#N. The second-order valence-corrected chi connectivity index (χ2v) is 2.59. The van der Waals surface area contributed by atoms with Gasteiger partial charge in [0, 0.05) is 0 Å². The molecule has 0 unspecified atom stereocenters. The van der Waals surface area contributed by atoms with E-state index < -0.39 is 5.41 Å². The largest absolute Gasteiger partial charge is 0.196 e. The summed E-state index contributed by atoms with van der Waals surface area (Å²) >= 11 is 0. The van der Waals surface area contributed by atoms with E-state index in [0.717, 1.165) is 18.4 Å². The smallest absolute Gasteiger partial charge is 0.164 e. The molecule has 0 spiro atoms. The molecule has 1 aliphatic carbocycles. The van der Waals surface area contributed by atoms with E-state index in [9.17, 15) is 0 Å². The maximum atomic E-state index is 8.65. The van der Waals surface area contributed by atoms with Crippen LogP contribution in [0.5, 0.6) is 0 Å². The molecule has 0 heterocycles. The molecule has 1 saturated carbocycles. The molecule has 1 rings (SSSR count). The molecular formula is C8H8N2. The van der Waals surface area contributed by atoms with Gasteiger partial charge in [-0.25, -0.2) is 0 Å². The molecule has 2 heteroatoms. The van der Waals surface area contributed by atoms with E-state index >= 15 is 0 Å². The van der Waals surface area contributed by atoms with E-state index in [-0.39, 0.29) is 0 Å². The van der Waals surface area contributed by atoms with Crippen LogP contribution < -0.4 is 0 Å². The Kier molecular flexibility index (Phi) is 1.47. The van der Waals surface area contributed by atoms with E-state index in [2.05, 4.69) is 6.58 Å². The van der Waals surface area contributed by atoms with E-state index in [4.69, 9.17) is 10.5 Å². The number of nitriles is 2. The average Bonchev–Trinajstić information content (AvgIpc) is 2.32. The van der Waals surface area contributed by atoms with Gasteiger partial charge >= 0.3 is 0 Å². The van der Waals surface area contributed by atoms with Crippen molar-refractivity contribution < 1.29 is 0 Å². The first-order chi connectivity index (χ1) is 4.75. The van der Waals surface area contributed by atoms with Crippen LogP contribution in [0.2, 0.25) is 0 Å². The van der Waals surface area contributed by atoms with Gasteiger partial charge in [0.2, 0.25) is 0 Å². The highest BCUT2D eigenvalue weighted by atomic mass is 14.4. The summed E-state index contributed by atoms with van der Waals surface area (Å²) in [6.45, 7) is 3.70. The van der Waals surface area contributed by atoms with Crippen LogP contribution in [0.25, 0.3) is 0 Å². The third kappa shape index (κ3) is 0.700. The van der Waals surface area contributed by atoms with Gasteiger partial charge in [-0.2, -0.15) is 10.5 Å². The molecule has 0 aromatic heterocycles. The molecule has 0 amide bonds. The Labute approximate surface area is 60.4 Å². The predicted molar refractivity (Wildman–Crippen MR) is 36.7 cm³/mol. The number of hydrogen-bond acceptors (Lipinski definition) is 2. The minimum absolute atomic E-state index is 0.666. The third-order valence-corrected chi connectivity index (χ3v) is 2.02. The second kappa shape index (κ2) is 2.15. The van der Waals surface area contributed by atoms with Crippen LogP contribution in [0.1, 0.15) is 19.3 Å². The summed E-state index contributed by atoms with van der Waals surface area (Å²) in [6.07, 6.45) is 2.43. The zero-order valence-electron chi connectivity index (χ0n) is 5.72. The van der Waals surface area contributed by atoms with E-state index in [1.54, 1.807) is 0 Å². The first-order valence-electron chi connectivity index (χ1n) is 3.26. The van der Waals surface area contributed by atoms with E-state index in [1.807, 2.05) is 12.1 Å². The average molecular weight is 132 g/mol. The summed E-state index contributed by atoms with van der Waals surface area (Å²) in [5.41, 5.74) is -0.0579. The molecule has 0 aliphatic heterocycles. The summed E-state index contributed by atoms with van der Waals surface area (Å²) in [6, 6.07) is 4.03. The van der Waals surface area contributed by atoms with Crippen LogP contribution in [-0.2, 0) is 0 Å². The topological polar surface area (TPSA) is 47.6 Å². The Morgan fingerprint density at radius 1 is 1.40 bits per heavy atom. The lowest BCUT2D eigenvalue weighted by molar-refractivity contribution is 0.635. The van der Waals surface area contributed by atoms with Gasteiger partial charge in [0.1, 0.15) is 0 Å². The number of rotatable bonds is 0. The monoisotopic (exact) mass is 132 g/mol. The maximum Gasteiger partial charge on any atom is 0.164 e. The molecule has 0 aromatic carbocycles. The van der Waals surface area contributed by atoms with Gasteiger partial charge < -0.3 is 0 Å². The summed E-state index contributed by atoms with van der Waals surface area (Å²) in [5.74, 6) is 0. The van der Waals surface area contributed by atoms with Crippen molar-refractivity contribution in [3.8, 4) is 12.1 Å². The molecule has 1 aliphatic rings. The van der Waals surface area contributed by atoms with Crippen molar-refractivity contribution in [2.24, 2.45) is 5.41 Å². The van der Waals surface area contributed by atoms with Gasteiger partial charge in [0.25, 0.3) is 0 Å². The summed E-state index contributed by atoms with van der Waals surface area (Å²) in [4.78, 5) is 0. The zero-order chi connectivity index (χ0) is 7.61. The molecule has 0 atom stereocenters. The molecule has 10 heavy (non-hydrogen) atoms. The molecule has 0 N–H and O–H groups in total. The van der Waals surface area contributed by atoms with Crippen molar-refractivity contribution in [1.29, 1.82) is 10.5 Å². The predicted octanol–water partition coefficient (Wildman–Crippen LogP) is 1.76. The van der Waals surface area contributed by atoms with E-state index in [0.29, 0.717) is 6.42 Å². The Morgan fingerprint density at radius 3 is 2.20 bits per heavy atom. The van der Waals surface area contributed by atoms with Crippen molar-refractivity contribution in [2.75, 3.05) is 0 Å². The standard InChI is InChI=1S/C8H8N2/c1-7-3-2-4-8(7,5-9)6-10/h1-4H2. The fourth-order valence-corrected chi connectivity index (χ4v) is 1.25. The van der Waals surface area contributed by atoms with Crippen LogP contribution in [-0.4, -0.2) is 0 Å². The fourth-order valence-electron chi connectivity index (χ4n) is 1.25. The van der Waals surface area contributed by atoms with Gasteiger partial charge in [-0.15, -0.1) is 0 Å². The lowest BCUT2D eigenvalue weighted by Crippen LogP contribution is -2.11. The van der Waals surface area contributed by atoms with Crippen LogP contribution in [0, 0.1) is 28.1 Å². The highest BCUT2D eigenvalue weighted by molar-refractivity contribution is 5.33. The molecule has 0 radical (unpaired) electrons. The molecule has 0 aromatic rings. The molecular weight excluding hydrogens is 124 g/mol. The number of nitrogens with zero attached hydrogens (tertiary/aromatic N) is 2. The Bertz CT molecular complexity index is 225. The van der Waals surface area contributed by atoms with E-state index in [1.165, 1.54) is 0 Å². The van der Waals surface area contributed by atoms with Crippen LogP contribution in [0.3, 0.4) is 0 Å². The summed E-state index contributed by atoms with van der Waals surface area (Å²) < 4.78 is 0. The number of hydrogen-bond donors (Lipinski definition) is 0. The number of allylic oxidation sites excluding steroid dienone is 1. The van der Waals surface area contributed by atoms with Crippen molar-refractivity contribution in [1.82, 2.24) is 0 Å². The minimum Gasteiger partial charge on any atom is -0.196 e. The van der Waals surface area contributed by atoms with Crippen LogP contribution >= 0.6 is 0 Å². The Morgan fingerprint density at radius 2 is 2.00 bits per heavy atom. The van der Waals surface area contributed by atoms with Gasteiger partial charge in [-0.3, -0.25) is 0 Å². The molecule has 50 valence electrons. The third-order valence-electron chi connectivity index (χ3n) is 2.02. The molecule has 0 saturated heterocycles. The normalized spacial score (nSPS) is 21.6. The first-order valence-corrected chi connectivity index (χ1v) is 3.26. The van der Waals surface area contributed by atoms with Crippen LogP contribution in [0.4, 0.5) is 0 Å². The first kappa shape index (κ1) is 6.83. The van der Waals surface area contributed by atoms with Crippen molar-refractivity contribution in [3.05, 3.63) is 12.2 Å². The maximum absolute atomic E-state index is 8.65. The van der Waals surface area contributed by atoms with Crippen molar-refractivity contribution in [2.45, 2.75) is 19.3 Å². The Hall–Kier alpha value is -1.28. The highest BCUT2D eigenvalue weighted by Gasteiger charge is 2.37. The molecule has 2 nitrogen and oxygen atoms in total. The second-order valence-electron chi connectivity index (χ2n) is 2.59. The van der Waals surface area contributed by atoms with Gasteiger partial charge in [-0.1, -0.05) is 6.58 Å². The minimum atomic E-state index is -0.847. The summed E-state index contributed by atoms with van der Waals surface area (Å²) in [7, 11) is 0. The lowest BCUT2D eigenvalue weighted by atomic mass is 9.87. The van der Waals surface area contributed by atoms with Crippen molar-refractivity contribution >= 4 is 0 Å². The zero-order valence-corrected chi connectivity index (χ0v) is 5.72. The lowest BCUT2D eigenvalue weighted by Gasteiger charge is -2.09. The Balaban J connectivity index is 2.98. The van der Waals surface area contributed by atoms with Gasteiger partial charge in [0.15, 0.2) is 5.41 Å². The quantitative estimate of drug-likeness (QED) is 0.471. The van der Waals surface area contributed by atoms with Crippen molar-refractivity contribution in [3.63, 3.8) is 0 Å². The molecule has 1 fully saturated rings. The fraction of sp³-hybridized carbons (Fsp3) is 0.500. The van der Waals surface area contributed by atoms with Gasteiger partial charge in [0.05, 0.1) is 12.1 Å². The highest BCUT2D eigenvalue weighted by Crippen LogP contribution is 2.40. The van der Waals surface area contributed by atoms with Crippen LogP contribution in [0.15, 0.2) is 12.2 Å². The van der Waals surface area contributed by atoms with Gasteiger partial charge in [-0.05, 0) is 24.8 Å². The summed E-state index contributed by atoms with van der Waals surface area (Å²) in [5, 5.41) is 17.3. The molecule has 0 bridgehead atoms.